The molecule has 0 aromatic carbocycles. The van der Waals surface area contributed by atoms with E-state index < -0.39 is 11.7 Å². The monoisotopic (exact) mass is 518 g/mol. The maximum atomic E-state index is 13.9. The molecular weight excluding hydrogens is 473 g/mol. The molecule has 5 aliphatic rings. The Bertz CT molecular complexity index is 929. The van der Waals surface area contributed by atoms with E-state index in [1.807, 2.05) is 0 Å². The molecule has 3 fully saturated rings. The summed E-state index contributed by atoms with van der Waals surface area (Å²) >= 11 is 0. The third kappa shape index (κ3) is 5.97. The largest absolute Gasteiger partial charge is 0.416 e. The van der Waals surface area contributed by atoms with E-state index in [-0.39, 0.29) is 11.3 Å². The summed E-state index contributed by atoms with van der Waals surface area (Å²) in [4.78, 5) is 13.9. The van der Waals surface area contributed by atoms with Gasteiger partial charge in [0, 0.05) is 25.0 Å². The number of carbonyl (C=O) groups is 1. The van der Waals surface area contributed by atoms with Crippen LogP contribution in [0.1, 0.15) is 103 Å². The second-order valence-corrected chi connectivity index (χ2v) is 12.8. The van der Waals surface area contributed by atoms with Crippen LogP contribution in [0.4, 0.5) is 13.2 Å². The van der Waals surface area contributed by atoms with E-state index >= 15 is 0 Å². The molecule has 37 heavy (non-hydrogen) atoms. The Morgan fingerprint density at radius 2 is 1.97 bits per heavy atom. The van der Waals surface area contributed by atoms with Crippen LogP contribution in [0.2, 0.25) is 0 Å². The molecule has 0 radical (unpaired) electrons. The molecule has 206 valence electrons. The molecule has 0 bridgehead atoms. The van der Waals surface area contributed by atoms with E-state index in [2.05, 4.69) is 6.92 Å². The molecule has 0 amide bonds. The number of hydrogen-bond acceptors (Lipinski definition) is 2. The van der Waals surface area contributed by atoms with Crippen LogP contribution in [0, 0.1) is 35.0 Å². The molecule has 2 saturated carbocycles. The number of alkyl halides is 3. The third-order valence-electron chi connectivity index (χ3n) is 10.7. The maximum absolute atomic E-state index is 13.9. The van der Waals surface area contributed by atoms with Crippen LogP contribution in [0.3, 0.4) is 0 Å². The molecule has 1 saturated heterocycles. The van der Waals surface area contributed by atoms with Gasteiger partial charge in [-0.2, -0.15) is 13.2 Å². The predicted molar refractivity (Wildman–Crippen MR) is 141 cm³/mol. The molecule has 5 rings (SSSR count). The lowest BCUT2D eigenvalue weighted by Gasteiger charge is -2.33. The lowest BCUT2D eigenvalue weighted by atomic mass is 9.70. The normalized spacial score (nSPS) is 36.5. The third-order valence-corrected chi connectivity index (χ3v) is 10.7. The van der Waals surface area contributed by atoms with Crippen LogP contribution in [0.25, 0.3) is 0 Å². The molecule has 0 spiro atoms. The van der Waals surface area contributed by atoms with E-state index in [1.165, 1.54) is 56.3 Å². The van der Waals surface area contributed by atoms with Crippen LogP contribution < -0.4 is 0 Å². The Labute approximate surface area is 221 Å². The van der Waals surface area contributed by atoms with Crippen molar-refractivity contribution in [3.63, 3.8) is 0 Å². The number of halogens is 3. The summed E-state index contributed by atoms with van der Waals surface area (Å²) in [5, 5.41) is 0. The number of rotatable bonds is 7. The van der Waals surface area contributed by atoms with Gasteiger partial charge in [0.25, 0.3) is 0 Å². The summed E-state index contributed by atoms with van der Waals surface area (Å²) in [6, 6.07) is 0. The van der Waals surface area contributed by atoms with Crippen molar-refractivity contribution in [3.05, 3.63) is 34.9 Å². The molecule has 1 aliphatic heterocycles. The summed E-state index contributed by atoms with van der Waals surface area (Å²) in [6.45, 7) is 4.08. The fourth-order valence-corrected chi connectivity index (χ4v) is 8.64. The number of ketones is 1. The second-order valence-electron chi connectivity index (χ2n) is 12.8. The van der Waals surface area contributed by atoms with Gasteiger partial charge in [-0.05, 0) is 112 Å². The van der Waals surface area contributed by atoms with Gasteiger partial charge < -0.3 is 4.74 Å². The molecule has 1 unspecified atom stereocenters. The first-order valence-electron chi connectivity index (χ1n) is 15.1. The van der Waals surface area contributed by atoms with Gasteiger partial charge in [-0.25, -0.2) is 0 Å². The minimum absolute atomic E-state index is 0.143. The topological polar surface area (TPSA) is 26.3 Å². The molecular formula is C32H45F3O2. The van der Waals surface area contributed by atoms with Gasteiger partial charge in [-0.1, -0.05) is 43.9 Å². The molecule has 1 heterocycles. The van der Waals surface area contributed by atoms with Crippen molar-refractivity contribution in [1.29, 1.82) is 0 Å². The van der Waals surface area contributed by atoms with Crippen molar-refractivity contribution in [2.75, 3.05) is 13.2 Å². The van der Waals surface area contributed by atoms with Crippen molar-refractivity contribution < 1.29 is 22.7 Å². The number of hydrogen-bond donors (Lipinski definition) is 0. The number of fused-ring (bicyclic) bond motifs is 1. The fraction of sp³-hybridized carbons (Fsp3) is 0.781. The van der Waals surface area contributed by atoms with Gasteiger partial charge in [0.05, 0.1) is 5.57 Å². The SMILES string of the molecule is CC[C@@H]1COCC[C@H]1CC[C@@H]1C[C@H]2CCC[C@@]2(C(=O)CC2CCC3=C(C=C(C(F)(F)F)C=CCC3)C2)C1. The summed E-state index contributed by atoms with van der Waals surface area (Å²) in [6.07, 6.45) is 14.9. The second kappa shape index (κ2) is 11.4. The van der Waals surface area contributed by atoms with Crippen molar-refractivity contribution in [2.45, 2.75) is 109 Å². The Morgan fingerprint density at radius 3 is 2.78 bits per heavy atom. The van der Waals surface area contributed by atoms with E-state index in [0.717, 1.165) is 63.2 Å². The number of allylic oxidation sites excluding steroid dienone is 6. The highest BCUT2D eigenvalue weighted by molar-refractivity contribution is 5.86. The first-order chi connectivity index (χ1) is 17.8. The Hall–Kier alpha value is -1.36. The number of carbonyl (C=O) groups excluding carboxylic acids is 1. The first kappa shape index (κ1) is 27.2. The Balaban J connectivity index is 1.22. The van der Waals surface area contributed by atoms with Gasteiger partial charge in [0.2, 0.25) is 0 Å². The highest BCUT2D eigenvalue weighted by atomic mass is 19.4. The van der Waals surface area contributed by atoms with Crippen molar-refractivity contribution in [3.8, 4) is 0 Å². The minimum Gasteiger partial charge on any atom is -0.381 e. The summed E-state index contributed by atoms with van der Waals surface area (Å²) < 4.78 is 46.3. The highest BCUT2D eigenvalue weighted by Crippen LogP contribution is 2.59. The molecule has 6 atom stereocenters. The lowest BCUT2D eigenvalue weighted by Crippen LogP contribution is -2.33. The maximum Gasteiger partial charge on any atom is 0.416 e. The number of Topliss-reactive ketones (excluding diaryl/α,β-unsaturated/α-hetero) is 1. The van der Waals surface area contributed by atoms with Crippen molar-refractivity contribution in [2.24, 2.45) is 35.0 Å². The van der Waals surface area contributed by atoms with Crippen LogP contribution in [-0.2, 0) is 9.53 Å². The predicted octanol–water partition coefficient (Wildman–Crippen LogP) is 8.92. The molecule has 0 aromatic rings. The zero-order valence-electron chi connectivity index (χ0n) is 22.6. The quantitative estimate of drug-likeness (QED) is 0.336. The summed E-state index contributed by atoms with van der Waals surface area (Å²) in [5.74, 6) is 3.26. The molecule has 0 N–H and O–H groups in total. The number of ether oxygens (including phenoxy) is 1. The van der Waals surface area contributed by atoms with Gasteiger partial charge in [-0.15, -0.1) is 0 Å². The molecule has 4 aliphatic carbocycles. The van der Waals surface area contributed by atoms with E-state index in [0.29, 0.717) is 42.8 Å². The van der Waals surface area contributed by atoms with Gasteiger partial charge in [-0.3, -0.25) is 4.79 Å². The first-order valence-corrected chi connectivity index (χ1v) is 15.1. The summed E-state index contributed by atoms with van der Waals surface area (Å²) in [7, 11) is 0. The average Bonchev–Trinajstić information content (AvgIpc) is 3.41. The van der Waals surface area contributed by atoms with Crippen molar-refractivity contribution >= 4 is 5.78 Å². The minimum atomic E-state index is -4.33. The Morgan fingerprint density at radius 1 is 1.11 bits per heavy atom. The standard InChI is InChI=1S/C32H45F3O2/c1-2-24-21-37-15-13-26(24)12-10-23-17-28-8-5-14-31(28,20-23)30(36)18-22-9-11-25-6-3-4-7-29(32(33,34)35)19-27(25)16-22/h4,7,19,22-24,26,28H,2-3,5-6,8-18,20-21H2,1H3/t22?,23-,24-,26-,28-,31-/m1/s1. The van der Waals surface area contributed by atoms with E-state index in [1.54, 1.807) is 6.08 Å². The van der Waals surface area contributed by atoms with Crippen LogP contribution >= 0.6 is 0 Å². The summed E-state index contributed by atoms with van der Waals surface area (Å²) in [5.41, 5.74) is 1.34. The van der Waals surface area contributed by atoms with Crippen LogP contribution in [0.15, 0.2) is 34.9 Å². The van der Waals surface area contributed by atoms with E-state index in [9.17, 15) is 18.0 Å². The molecule has 5 heteroatoms. The lowest BCUT2D eigenvalue weighted by molar-refractivity contribution is -0.131. The smallest absolute Gasteiger partial charge is 0.381 e. The molecule has 0 aromatic heterocycles. The van der Waals surface area contributed by atoms with Gasteiger partial charge >= 0.3 is 6.18 Å². The van der Waals surface area contributed by atoms with Crippen LogP contribution in [0.5, 0.6) is 0 Å². The zero-order valence-corrected chi connectivity index (χ0v) is 22.6. The van der Waals surface area contributed by atoms with E-state index in [4.69, 9.17) is 4.74 Å². The zero-order chi connectivity index (χ0) is 26.0. The van der Waals surface area contributed by atoms with Gasteiger partial charge in [0.15, 0.2) is 0 Å². The highest BCUT2D eigenvalue weighted by Gasteiger charge is 2.54. The van der Waals surface area contributed by atoms with Crippen molar-refractivity contribution in [1.82, 2.24) is 0 Å². The Kier molecular flexibility index (Phi) is 8.39. The average molecular weight is 519 g/mol. The van der Waals surface area contributed by atoms with Gasteiger partial charge in [0.1, 0.15) is 5.78 Å². The molecule has 2 nitrogen and oxygen atoms in total. The van der Waals surface area contributed by atoms with Crippen LogP contribution in [-0.4, -0.2) is 25.2 Å². The fourth-order valence-electron chi connectivity index (χ4n) is 8.64.